The van der Waals surface area contributed by atoms with Gasteiger partial charge in [0, 0.05) is 12.6 Å². The number of benzene rings is 1. The van der Waals surface area contributed by atoms with Crippen molar-refractivity contribution in [1.82, 2.24) is 5.32 Å². The number of hydrogen-bond donors (Lipinski definition) is 1. The van der Waals surface area contributed by atoms with Crippen molar-refractivity contribution in [2.45, 2.75) is 77.6 Å². The van der Waals surface area contributed by atoms with Crippen LogP contribution in [0.4, 0.5) is 0 Å². The molecule has 1 saturated carbocycles. The van der Waals surface area contributed by atoms with Gasteiger partial charge in [0.15, 0.2) is 8.32 Å². The Kier molecular flexibility index (Phi) is 6.92. The molecule has 0 aromatic heterocycles. The Morgan fingerprint density at radius 2 is 1.76 bits per heavy atom. The lowest BCUT2D eigenvalue weighted by atomic mass is 9.89. The number of nitrogens with one attached hydrogen (secondary N) is 1. The zero-order valence-electron chi connectivity index (χ0n) is 17.4. The highest BCUT2D eigenvalue weighted by molar-refractivity contribution is 6.74. The second kappa shape index (κ2) is 8.37. The van der Waals surface area contributed by atoms with Gasteiger partial charge in [0.1, 0.15) is 0 Å². The Balaban J connectivity index is 2.06. The van der Waals surface area contributed by atoms with Crippen LogP contribution in [0.2, 0.25) is 18.1 Å². The summed E-state index contributed by atoms with van der Waals surface area (Å²) in [7, 11) is -1.68. The van der Waals surface area contributed by atoms with Gasteiger partial charge in [-0.2, -0.15) is 0 Å². The van der Waals surface area contributed by atoms with Crippen LogP contribution in [0.1, 0.15) is 58.9 Å². The molecule has 1 aromatic carbocycles. The zero-order chi connectivity index (χ0) is 18.7. The van der Waals surface area contributed by atoms with E-state index in [9.17, 15) is 0 Å². The van der Waals surface area contributed by atoms with E-state index in [-0.39, 0.29) is 5.04 Å². The highest BCUT2D eigenvalue weighted by atomic mass is 28.4. The molecule has 3 atom stereocenters. The molecule has 3 heteroatoms. The van der Waals surface area contributed by atoms with Crippen molar-refractivity contribution in [3.05, 3.63) is 35.9 Å². The van der Waals surface area contributed by atoms with Gasteiger partial charge in [-0.25, -0.2) is 0 Å². The van der Waals surface area contributed by atoms with E-state index in [1.807, 2.05) is 0 Å². The first-order chi connectivity index (χ1) is 11.6. The Morgan fingerprint density at radius 1 is 1.12 bits per heavy atom. The van der Waals surface area contributed by atoms with Gasteiger partial charge in [-0.1, -0.05) is 65.0 Å². The van der Waals surface area contributed by atoms with Crippen molar-refractivity contribution in [3.63, 3.8) is 0 Å². The van der Waals surface area contributed by atoms with Crippen LogP contribution in [0.5, 0.6) is 0 Å². The Labute approximate surface area is 156 Å². The fraction of sp³-hybridized carbons (Fsp3) is 0.727. The molecule has 0 amide bonds. The Hall–Kier alpha value is -0.643. The highest BCUT2D eigenvalue weighted by Gasteiger charge is 2.40. The summed E-state index contributed by atoms with van der Waals surface area (Å²) in [6.07, 6.45) is 2.48. The predicted molar refractivity (Wildman–Crippen MR) is 112 cm³/mol. The van der Waals surface area contributed by atoms with Crippen LogP contribution < -0.4 is 5.32 Å². The zero-order valence-corrected chi connectivity index (χ0v) is 18.4. The van der Waals surface area contributed by atoms with E-state index in [1.165, 1.54) is 18.4 Å². The number of hydrogen-bond acceptors (Lipinski definition) is 2. The van der Waals surface area contributed by atoms with E-state index in [0.29, 0.717) is 23.8 Å². The molecule has 0 heterocycles. The molecular formula is C22H39NOSi. The van der Waals surface area contributed by atoms with Gasteiger partial charge in [0.05, 0.1) is 0 Å². The van der Waals surface area contributed by atoms with E-state index in [0.717, 1.165) is 13.2 Å². The van der Waals surface area contributed by atoms with Gasteiger partial charge in [0.25, 0.3) is 0 Å². The van der Waals surface area contributed by atoms with E-state index < -0.39 is 8.32 Å². The first-order valence-corrected chi connectivity index (χ1v) is 12.9. The second-order valence-corrected chi connectivity index (χ2v) is 14.6. The molecule has 3 unspecified atom stereocenters. The molecule has 142 valence electrons. The van der Waals surface area contributed by atoms with Crippen molar-refractivity contribution in [2.24, 2.45) is 11.8 Å². The number of rotatable bonds is 7. The molecule has 0 spiro atoms. The van der Waals surface area contributed by atoms with E-state index in [2.05, 4.69) is 83.4 Å². The van der Waals surface area contributed by atoms with Crippen LogP contribution in [0.15, 0.2) is 30.3 Å². The molecule has 2 nitrogen and oxygen atoms in total. The SMILES string of the molecule is CC(C)CNC1CC(CO[Si](C)(C)C(C)(C)C)C(c2ccccc2)C1. The van der Waals surface area contributed by atoms with Crippen molar-refractivity contribution >= 4 is 8.32 Å². The molecule has 2 rings (SSSR count). The van der Waals surface area contributed by atoms with Crippen LogP contribution >= 0.6 is 0 Å². The summed E-state index contributed by atoms with van der Waals surface area (Å²) in [6.45, 7) is 18.3. The maximum atomic E-state index is 6.61. The lowest BCUT2D eigenvalue weighted by Crippen LogP contribution is -2.42. The van der Waals surface area contributed by atoms with Crippen molar-refractivity contribution in [3.8, 4) is 0 Å². The molecule has 1 N–H and O–H groups in total. The summed E-state index contributed by atoms with van der Waals surface area (Å²) < 4.78 is 6.61. The maximum absolute atomic E-state index is 6.61. The largest absolute Gasteiger partial charge is 0.417 e. The third-order valence-electron chi connectivity index (χ3n) is 6.20. The van der Waals surface area contributed by atoms with Gasteiger partial charge in [-0.3, -0.25) is 0 Å². The van der Waals surface area contributed by atoms with Gasteiger partial charge in [-0.15, -0.1) is 0 Å². The molecule has 0 bridgehead atoms. The third kappa shape index (κ3) is 5.67. The molecule has 1 fully saturated rings. The van der Waals surface area contributed by atoms with E-state index in [1.54, 1.807) is 0 Å². The van der Waals surface area contributed by atoms with Gasteiger partial charge >= 0.3 is 0 Å². The third-order valence-corrected chi connectivity index (χ3v) is 10.7. The van der Waals surface area contributed by atoms with Crippen LogP contribution in [0.3, 0.4) is 0 Å². The van der Waals surface area contributed by atoms with Gasteiger partial charge < -0.3 is 9.74 Å². The monoisotopic (exact) mass is 361 g/mol. The van der Waals surface area contributed by atoms with Crippen molar-refractivity contribution in [1.29, 1.82) is 0 Å². The normalized spacial score (nSPS) is 24.9. The molecule has 1 aliphatic carbocycles. The first-order valence-electron chi connectivity index (χ1n) is 10.0. The molecule has 1 aliphatic rings. The van der Waals surface area contributed by atoms with Gasteiger partial charge in [0.2, 0.25) is 0 Å². The maximum Gasteiger partial charge on any atom is 0.191 e. The average molecular weight is 362 g/mol. The highest BCUT2D eigenvalue weighted by Crippen LogP contribution is 2.42. The van der Waals surface area contributed by atoms with Crippen LogP contribution in [0.25, 0.3) is 0 Å². The van der Waals surface area contributed by atoms with Crippen molar-refractivity contribution < 1.29 is 4.43 Å². The molecule has 0 saturated heterocycles. The topological polar surface area (TPSA) is 21.3 Å². The van der Waals surface area contributed by atoms with Gasteiger partial charge in [-0.05, 0) is 60.8 Å². The van der Waals surface area contributed by atoms with Crippen LogP contribution in [-0.2, 0) is 4.43 Å². The quantitative estimate of drug-likeness (QED) is 0.618. The molecule has 0 radical (unpaired) electrons. The fourth-order valence-corrected chi connectivity index (χ4v) is 4.58. The summed E-state index contributed by atoms with van der Waals surface area (Å²) in [5, 5.41) is 4.07. The smallest absolute Gasteiger partial charge is 0.191 e. The standard InChI is InChI=1S/C22H39NOSi/c1-17(2)15-23-20-13-19(16-24-25(6,7)22(3,4)5)21(14-20)18-11-9-8-10-12-18/h8-12,17,19-21,23H,13-16H2,1-7H3. The minimum atomic E-state index is -1.68. The Morgan fingerprint density at radius 3 is 2.32 bits per heavy atom. The lowest BCUT2D eigenvalue weighted by Gasteiger charge is -2.37. The van der Waals surface area contributed by atoms with Crippen LogP contribution in [-0.4, -0.2) is 27.5 Å². The summed E-state index contributed by atoms with van der Waals surface area (Å²) in [4.78, 5) is 0. The average Bonchev–Trinajstić information content (AvgIpc) is 2.94. The summed E-state index contributed by atoms with van der Waals surface area (Å²) in [5.41, 5.74) is 1.49. The molecule has 0 aliphatic heterocycles. The van der Waals surface area contributed by atoms with E-state index in [4.69, 9.17) is 4.43 Å². The summed E-state index contributed by atoms with van der Waals surface area (Å²) in [5.74, 6) is 1.95. The molecule has 1 aromatic rings. The minimum Gasteiger partial charge on any atom is -0.417 e. The molecule has 25 heavy (non-hydrogen) atoms. The lowest BCUT2D eigenvalue weighted by molar-refractivity contribution is 0.217. The summed E-state index contributed by atoms with van der Waals surface area (Å²) >= 11 is 0. The Bertz CT molecular complexity index is 521. The summed E-state index contributed by atoms with van der Waals surface area (Å²) in [6, 6.07) is 11.7. The second-order valence-electron chi connectivity index (χ2n) is 9.82. The fourth-order valence-electron chi connectivity index (χ4n) is 3.52. The first kappa shape index (κ1) is 20.7. The van der Waals surface area contributed by atoms with Crippen molar-refractivity contribution in [2.75, 3.05) is 13.2 Å². The minimum absolute atomic E-state index is 0.281. The molecular weight excluding hydrogens is 322 g/mol. The predicted octanol–water partition coefficient (Wildman–Crippen LogP) is 5.82. The van der Waals surface area contributed by atoms with E-state index >= 15 is 0 Å². The van der Waals surface area contributed by atoms with Crippen LogP contribution in [0, 0.1) is 11.8 Å².